The quantitative estimate of drug-likeness (QED) is 0.545. The van der Waals surface area contributed by atoms with Gasteiger partial charge in [-0.15, -0.1) is 0 Å². The molecular weight excluding hydrogens is 419 g/mol. The number of carbonyl (C=O) groups excluding carboxylic acids is 1. The lowest BCUT2D eigenvalue weighted by Gasteiger charge is -2.04. The summed E-state index contributed by atoms with van der Waals surface area (Å²) in [7, 11) is 0. The highest BCUT2D eigenvalue weighted by Gasteiger charge is 2.24. The second-order valence-electron chi connectivity index (χ2n) is 5.22. The average Bonchev–Trinajstić information content (AvgIpc) is 2.86. The molecule has 3 rings (SSSR count). The monoisotopic (exact) mass is 434 g/mol. The van der Waals surface area contributed by atoms with E-state index in [1.807, 2.05) is 49.4 Å². The zero-order chi connectivity index (χ0) is 16.4. The number of carbonyl (C=O) groups is 1. The van der Waals surface area contributed by atoms with Crippen molar-refractivity contribution in [2.45, 2.75) is 13.8 Å². The first kappa shape index (κ1) is 16.3. The maximum absolute atomic E-state index is 12.2. The minimum atomic E-state index is -0.0984. The fourth-order valence-electron chi connectivity index (χ4n) is 2.18. The predicted octanol–water partition coefficient (Wildman–Crippen LogP) is 4.80. The second-order valence-corrected chi connectivity index (χ2v) is 7.42. The molecule has 2 aromatic rings. The molecule has 0 aromatic heterocycles. The number of aliphatic imine (C=N–C) groups is 1. The van der Waals surface area contributed by atoms with Gasteiger partial charge in [-0.3, -0.25) is 4.79 Å². The number of nitrogens with one attached hydrogen (secondary N) is 1. The summed E-state index contributed by atoms with van der Waals surface area (Å²) in [5.41, 5.74) is 4.25. The molecule has 0 bridgehead atoms. The zero-order valence-electron chi connectivity index (χ0n) is 12.8. The molecule has 3 nitrogen and oxygen atoms in total. The molecule has 0 radical (unpaired) electrons. The molecule has 0 unspecified atom stereocenters. The highest BCUT2D eigenvalue weighted by Crippen LogP contribution is 2.30. The van der Waals surface area contributed by atoms with Crippen molar-refractivity contribution in [3.05, 3.63) is 67.6 Å². The van der Waals surface area contributed by atoms with E-state index < -0.39 is 0 Å². The number of benzene rings is 2. The lowest BCUT2D eigenvalue weighted by molar-refractivity contribution is -0.115. The van der Waals surface area contributed by atoms with Gasteiger partial charge in [0.25, 0.3) is 5.91 Å². The molecule has 2 aromatic carbocycles. The molecule has 1 aliphatic rings. The first-order chi connectivity index (χ1) is 11.0. The molecule has 5 heteroatoms. The Hall–Kier alpha value is -1.60. The van der Waals surface area contributed by atoms with Crippen molar-refractivity contribution in [3.63, 3.8) is 0 Å². The molecule has 1 aliphatic heterocycles. The first-order valence-electron chi connectivity index (χ1n) is 7.15. The van der Waals surface area contributed by atoms with Crippen molar-refractivity contribution in [2.75, 3.05) is 0 Å². The lowest BCUT2D eigenvalue weighted by Crippen LogP contribution is -2.19. The molecule has 1 fully saturated rings. The van der Waals surface area contributed by atoms with Crippen molar-refractivity contribution < 1.29 is 4.79 Å². The fourth-order valence-corrected chi connectivity index (χ4v) is 3.55. The Bertz CT molecular complexity index is 843. The largest absolute Gasteiger partial charge is 0.300 e. The van der Waals surface area contributed by atoms with Crippen molar-refractivity contribution in [1.29, 1.82) is 0 Å². The summed E-state index contributed by atoms with van der Waals surface area (Å²) in [6, 6.07) is 14.0. The number of thioether (sulfide) groups is 1. The van der Waals surface area contributed by atoms with Gasteiger partial charge in [0.1, 0.15) is 0 Å². The summed E-state index contributed by atoms with van der Waals surface area (Å²) in [5.74, 6) is -0.0984. The first-order valence-corrected chi connectivity index (χ1v) is 9.04. The molecule has 23 heavy (non-hydrogen) atoms. The van der Waals surface area contributed by atoms with Gasteiger partial charge in [0.15, 0.2) is 5.17 Å². The van der Waals surface area contributed by atoms with Crippen LogP contribution in [0.5, 0.6) is 0 Å². The Balaban J connectivity index is 1.89. The van der Waals surface area contributed by atoms with Crippen LogP contribution < -0.4 is 5.32 Å². The summed E-state index contributed by atoms with van der Waals surface area (Å²) in [6.07, 6.45) is 1.91. The third-order valence-corrected chi connectivity index (χ3v) is 5.53. The molecule has 1 amide bonds. The van der Waals surface area contributed by atoms with Crippen LogP contribution in [-0.4, -0.2) is 11.1 Å². The maximum atomic E-state index is 12.2. The van der Waals surface area contributed by atoms with Gasteiger partial charge in [-0.1, -0.05) is 30.3 Å². The number of halogens is 1. The lowest BCUT2D eigenvalue weighted by atomic mass is 10.1. The van der Waals surface area contributed by atoms with Gasteiger partial charge in [0.05, 0.1) is 10.6 Å². The van der Waals surface area contributed by atoms with Gasteiger partial charge < -0.3 is 5.32 Å². The molecule has 0 atom stereocenters. The fraction of sp³-hybridized carbons (Fsp3) is 0.111. The van der Waals surface area contributed by atoms with Crippen LogP contribution >= 0.6 is 34.4 Å². The van der Waals surface area contributed by atoms with E-state index in [-0.39, 0.29) is 5.91 Å². The SMILES string of the molecule is Cc1cccc(N=C2NC(=O)C(=Cc3ccccc3I)S2)c1C. The van der Waals surface area contributed by atoms with E-state index in [1.54, 1.807) is 0 Å². The Labute approximate surface area is 153 Å². The van der Waals surface area contributed by atoms with E-state index in [0.29, 0.717) is 10.1 Å². The van der Waals surface area contributed by atoms with Crippen molar-refractivity contribution in [1.82, 2.24) is 5.32 Å². The summed E-state index contributed by atoms with van der Waals surface area (Å²) < 4.78 is 1.12. The van der Waals surface area contributed by atoms with Crippen molar-refractivity contribution >= 4 is 57.2 Å². The number of hydrogen-bond donors (Lipinski definition) is 1. The Kier molecular flexibility index (Phi) is 4.87. The molecule has 116 valence electrons. The number of rotatable bonds is 2. The molecular formula is C18H15IN2OS. The molecule has 0 spiro atoms. The van der Waals surface area contributed by atoms with Crippen molar-refractivity contribution in [3.8, 4) is 0 Å². The number of nitrogens with zero attached hydrogens (tertiary/aromatic N) is 1. The van der Waals surface area contributed by atoms with Crippen LogP contribution in [0.15, 0.2) is 52.4 Å². The third-order valence-electron chi connectivity index (χ3n) is 3.64. The van der Waals surface area contributed by atoms with Gasteiger partial charge in [-0.2, -0.15) is 0 Å². The van der Waals surface area contributed by atoms with Gasteiger partial charge in [-0.05, 0) is 83.1 Å². The topological polar surface area (TPSA) is 41.5 Å². The summed E-state index contributed by atoms with van der Waals surface area (Å²) in [4.78, 5) is 17.4. The summed E-state index contributed by atoms with van der Waals surface area (Å²) >= 11 is 3.65. The van der Waals surface area contributed by atoms with E-state index in [4.69, 9.17) is 0 Å². The number of aryl methyl sites for hydroxylation is 1. The van der Waals surface area contributed by atoms with Gasteiger partial charge in [0, 0.05) is 3.57 Å². The Morgan fingerprint density at radius 2 is 1.91 bits per heavy atom. The minimum absolute atomic E-state index is 0.0984. The van der Waals surface area contributed by atoms with Crippen LogP contribution in [-0.2, 0) is 4.79 Å². The smallest absolute Gasteiger partial charge is 0.264 e. The van der Waals surface area contributed by atoms with Crippen LogP contribution in [0.3, 0.4) is 0 Å². The molecule has 0 saturated carbocycles. The number of amidine groups is 1. The van der Waals surface area contributed by atoms with E-state index in [9.17, 15) is 4.79 Å². The van der Waals surface area contributed by atoms with E-state index in [1.165, 1.54) is 17.3 Å². The Morgan fingerprint density at radius 1 is 1.13 bits per heavy atom. The van der Waals surface area contributed by atoms with E-state index in [0.717, 1.165) is 20.4 Å². The normalized spacial score (nSPS) is 17.8. The van der Waals surface area contributed by atoms with Crippen LogP contribution in [0.1, 0.15) is 16.7 Å². The minimum Gasteiger partial charge on any atom is -0.300 e. The van der Waals surface area contributed by atoms with E-state index in [2.05, 4.69) is 45.9 Å². The molecule has 1 saturated heterocycles. The molecule has 0 aliphatic carbocycles. The van der Waals surface area contributed by atoms with Crippen molar-refractivity contribution in [2.24, 2.45) is 4.99 Å². The average molecular weight is 434 g/mol. The van der Waals surface area contributed by atoms with Crippen LogP contribution in [0.2, 0.25) is 0 Å². The van der Waals surface area contributed by atoms with Gasteiger partial charge >= 0.3 is 0 Å². The molecule has 1 heterocycles. The third kappa shape index (κ3) is 3.67. The van der Waals surface area contributed by atoms with E-state index >= 15 is 0 Å². The van der Waals surface area contributed by atoms with Gasteiger partial charge in [0.2, 0.25) is 0 Å². The summed E-state index contributed by atoms with van der Waals surface area (Å²) in [5, 5.41) is 3.47. The maximum Gasteiger partial charge on any atom is 0.264 e. The molecule has 1 N–H and O–H groups in total. The summed E-state index contributed by atoms with van der Waals surface area (Å²) in [6.45, 7) is 4.10. The predicted molar refractivity (Wildman–Crippen MR) is 106 cm³/mol. The van der Waals surface area contributed by atoms with Gasteiger partial charge in [-0.25, -0.2) is 4.99 Å². The standard InChI is InChI=1S/C18H15IN2OS/c1-11-6-5-9-15(12(11)2)20-18-21-17(22)16(23-18)10-13-7-3-4-8-14(13)19/h3-10H,1-2H3,(H,20,21,22). The van der Waals surface area contributed by atoms with Crippen LogP contribution in [0, 0.1) is 17.4 Å². The van der Waals surface area contributed by atoms with Crippen LogP contribution in [0.4, 0.5) is 5.69 Å². The van der Waals surface area contributed by atoms with Crippen LogP contribution in [0.25, 0.3) is 6.08 Å². The Morgan fingerprint density at radius 3 is 2.70 bits per heavy atom. The number of hydrogen-bond acceptors (Lipinski definition) is 3. The highest BCUT2D eigenvalue weighted by atomic mass is 127. The highest BCUT2D eigenvalue weighted by molar-refractivity contribution is 14.1. The second kappa shape index (κ2) is 6.88. The number of amides is 1. The zero-order valence-corrected chi connectivity index (χ0v) is 15.7.